The first-order valence-corrected chi connectivity index (χ1v) is 5.80. The van der Waals surface area contributed by atoms with Crippen LogP contribution in [0.4, 0.5) is 0 Å². The van der Waals surface area contributed by atoms with Crippen LogP contribution < -0.4 is 0 Å². The molecule has 14 heavy (non-hydrogen) atoms. The first-order valence-electron chi connectivity index (χ1n) is 5.80. The number of hydrogen-bond donors (Lipinski definition) is 0. The third kappa shape index (κ3) is 1.58. The second kappa shape index (κ2) is 3.76. The van der Waals surface area contributed by atoms with Crippen LogP contribution in [0.5, 0.6) is 0 Å². The molecule has 0 aromatic carbocycles. The van der Waals surface area contributed by atoms with Crippen molar-refractivity contribution in [1.29, 1.82) is 0 Å². The first kappa shape index (κ1) is 9.76. The maximum atomic E-state index is 2.46. The summed E-state index contributed by atoms with van der Waals surface area (Å²) < 4.78 is 0. The monoisotopic (exact) mass is 188 g/mol. The van der Waals surface area contributed by atoms with Gasteiger partial charge in [-0.15, -0.1) is 0 Å². The van der Waals surface area contributed by atoms with Gasteiger partial charge in [0.05, 0.1) is 0 Å². The van der Waals surface area contributed by atoms with Gasteiger partial charge in [0.25, 0.3) is 0 Å². The molecule has 2 aliphatic carbocycles. The van der Waals surface area contributed by atoms with Crippen molar-refractivity contribution >= 4 is 0 Å². The van der Waals surface area contributed by atoms with Gasteiger partial charge in [0, 0.05) is 5.92 Å². The first-order chi connectivity index (χ1) is 6.72. The lowest BCUT2D eigenvalue weighted by Crippen LogP contribution is -2.07. The minimum Gasteiger partial charge on any atom is -0.0765 e. The Kier molecular flexibility index (Phi) is 2.62. The second-order valence-corrected chi connectivity index (χ2v) is 4.70. The van der Waals surface area contributed by atoms with Crippen molar-refractivity contribution in [3.05, 3.63) is 34.9 Å². The Labute approximate surface area is 87.4 Å². The summed E-state index contributed by atoms with van der Waals surface area (Å²) in [6, 6.07) is 0. The van der Waals surface area contributed by atoms with Gasteiger partial charge in [0.2, 0.25) is 0 Å². The fourth-order valence-corrected chi connectivity index (χ4v) is 2.58. The van der Waals surface area contributed by atoms with Crippen molar-refractivity contribution in [2.24, 2.45) is 11.8 Å². The molecule has 0 bridgehead atoms. The number of allylic oxidation sites excluding steroid dienone is 6. The van der Waals surface area contributed by atoms with E-state index >= 15 is 0 Å². The smallest absolute Gasteiger partial charge is 0.00495 e. The highest BCUT2D eigenvalue weighted by atomic mass is 14.3. The highest BCUT2D eigenvalue weighted by Crippen LogP contribution is 2.38. The summed E-state index contributed by atoms with van der Waals surface area (Å²) in [6.45, 7) is 6.91. The maximum Gasteiger partial charge on any atom is 0.00495 e. The number of hydrogen-bond acceptors (Lipinski definition) is 0. The molecule has 0 heterocycles. The molecule has 0 saturated carbocycles. The zero-order valence-corrected chi connectivity index (χ0v) is 9.51. The van der Waals surface area contributed by atoms with Crippen molar-refractivity contribution in [3.8, 4) is 0 Å². The summed E-state index contributed by atoms with van der Waals surface area (Å²) in [5.41, 5.74) is 4.71. The van der Waals surface area contributed by atoms with E-state index in [9.17, 15) is 0 Å². The van der Waals surface area contributed by atoms with Gasteiger partial charge in [-0.2, -0.15) is 0 Å². The molecule has 2 atom stereocenters. The van der Waals surface area contributed by atoms with Gasteiger partial charge in [-0.3, -0.25) is 0 Å². The Morgan fingerprint density at radius 3 is 2.93 bits per heavy atom. The average molecular weight is 188 g/mol. The lowest BCUT2D eigenvalue weighted by molar-refractivity contribution is 0.461. The fourth-order valence-electron chi connectivity index (χ4n) is 2.58. The molecular weight excluding hydrogens is 168 g/mol. The maximum absolute atomic E-state index is 2.46. The van der Waals surface area contributed by atoms with Crippen LogP contribution in [0.1, 0.15) is 40.0 Å². The third-order valence-electron chi connectivity index (χ3n) is 3.72. The van der Waals surface area contributed by atoms with Gasteiger partial charge in [-0.1, -0.05) is 37.6 Å². The molecule has 0 aromatic rings. The number of fused-ring (bicyclic) bond motifs is 1. The highest BCUT2D eigenvalue weighted by molar-refractivity contribution is 5.44. The predicted octanol–water partition coefficient (Wildman–Crippen LogP) is 4.26. The van der Waals surface area contributed by atoms with Crippen LogP contribution in [-0.2, 0) is 0 Å². The molecule has 0 aromatic heterocycles. The summed E-state index contributed by atoms with van der Waals surface area (Å²) in [7, 11) is 0. The summed E-state index contributed by atoms with van der Waals surface area (Å²) >= 11 is 0. The van der Waals surface area contributed by atoms with Crippen LogP contribution in [0.25, 0.3) is 0 Å². The highest BCUT2D eigenvalue weighted by Gasteiger charge is 2.25. The Morgan fingerprint density at radius 2 is 2.21 bits per heavy atom. The van der Waals surface area contributed by atoms with E-state index in [1.165, 1.54) is 24.8 Å². The SMILES string of the molecule is CCC1=CC2=C(C)C=CC2C(C)CC1. The van der Waals surface area contributed by atoms with E-state index in [1.54, 1.807) is 11.1 Å². The molecule has 2 rings (SSSR count). The quantitative estimate of drug-likeness (QED) is 0.577. The van der Waals surface area contributed by atoms with Gasteiger partial charge in [0.1, 0.15) is 0 Å². The van der Waals surface area contributed by atoms with Gasteiger partial charge < -0.3 is 0 Å². The van der Waals surface area contributed by atoms with Crippen LogP contribution in [0.2, 0.25) is 0 Å². The normalized spacial score (nSPS) is 31.5. The van der Waals surface area contributed by atoms with Crippen LogP contribution in [0.3, 0.4) is 0 Å². The second-order valence-electron chi connectivity index (χ2n) is 4.70. The van der Waals surface area contributed by atoms with E-state index in [0.29, 0.717) is 5.92 Å². The summed E-state index contributed by atoms with van der Waals surface area (Å²) in [6.07, 6.45) is 11.0. The van der Waals surface area contributed by atoms with Gasteiger partial charge in [0.15, 0.2) is 0 Å². The summed E-state index contributed by atoms with van der Waals surface area (Å²) in [5, 5.41) is 0. The van der Waals surface area contributed by atoms with Crippen LogP contribution in [0, 0.1) is 11.8 Å². The van der Waals surface area contributed by atoms with Gasteiger partial charge >= 0.3 is 0 Å². The molecule has 0 aliphatic heterocycles. The fraction of sp³-hybridized carbons (Fsp3) is 0.571. The largest absolute Gasteiger partial charge is 0.0765 e. The molecule has 2 unspecified atom stereocenters. The zero-order chi connectivity index (χ0) is 10.1. The molecule has 0 saturated heterocycles. The Balaban J connectivity index is 2.35. The minimum atomic E-state index is 0.707. The molecular formula is C14H20. The molecule has 0 N–H and O–H groups in total. The third-order valence-corrected chi connectivity index (χ3v) is 3.72. The van der Waals surface area contributed by atoms with Crippen LogP contribution >= 0.6 is 0 Å². The lowest BCUT2D eigenvalue weighted by Gasteiger charge is -2.17. The summed E-state index contributed by atoms with van der Waals surface area (Å²) in [5.74, 6) is 1.53. The number of rotatable bonds is 1. The molecule has 0 spiro atoms. The van der Waals surface area contributed by atoms with E-state index < -0.39 is 0 Å². The molecule has 2 aliphatic rings. The Hall–Kier alpha value is -0.780. The predicted molar refractivity (Wildman–Crippen MR) is 62.1 cm³/mol. The topological polar surface area (TPSA) is 0 Å². The standard InChI is InChI=1S/C14H20/c1-4-12-7-5-10(2)13-8-6-11(3)14(13)9-12/h6,8-10,13H,4-5,7H2,1-3H3. The Bertz CT molecular complexity index is 315. The minimum absolute atomic E-state index is 0.707. The van der Waals surface area contributed by atoms with Crippen molar-refractivity contribution in [3.63, 3.8) is 0 Å². The zero-order valence-electron chi connectivity index (χ0n) is 9.51. The van der Waals surface area contributed by atoms with E-state index in [-0.39, 0.29) is 0 Å². The molecule has 0 radical (unpaired) electrons. The summed E-state index contributed by atoms with van der Waals surface area (Å²) in [4.78, 5) is 0. The van der Waals surface area contributed by atoms with Crippen molar-refractivity contribution in [1.82, 2.24) is 0 Å². The van der Waals surface area contributed by atoms with E-state index in [0.717, 1.165) is 5.92 Å². The van der Waals surface area contributed by atoms with E-state index in [1.807, 2.05) is 0 Å². The average Bonchev–Trinajstić information content (AvgIpc) is 2.45. The molecule has 0 amide bonds. The van der Waals surface area contributed by atoms with Crippen molar-refractivity contribution < 1.29 is 0 Å². The molecule has 0 nitrogen and oxygen atoms in total. The lowest BCUT2D eigenvalue weighted by atomic mass is 9.88. The molecule has 0 heteroatoms. The van der Waals surface area contributed by atoms with Crippen LogP contribution in [-0.4, -0.2) is 0 Å². The van der Waals surface area contributed by atoms with Crippen molar-refractivity contribution in [2.75, 3.05) is 0 Å². The van der Waals surface area contributed by atoms with Crippen molar-refractivity contribution in [2.45, 2.75) is 40.0 Å². The van der Waals surface area contributed by atoms with Gasteiger partial charge in [-0.25, -0.2) is 0 Å². The molecule has 76 valence electrons. The van der Waals surface area contributed by atoms with Gasteiger partial charge in [-0.05, 0) is 43.3 Å². The van der Waals surface area contributed by atoms with E-state index in [4.69, 9.17) is 0 Å². The van der Waals surface area contributed by atoms with E-state index in [2.05, 4.69) is 39.0 Å². The Morgan fingerprint density at radius 1 is 1.43 bits per heavy atom. The van der Waals surface area contributed by atoms with Crippen LogP contribution in [0.15, 0.2) is 34.9 Å². The molecule has 0 fully saturated rings.